The number of rotatable bonds is 3. The van der Waals surface area contributed by atoms with Crippen LogP contribution in [0.2, 0.25) is 0 Å². The van der Waals surface area contributed by atoms with E-state index < -0.39 is 0 Å². The number of nitrogens with one attached hydrogen (secondary N) is 1. The number of aryl methyl sites for hydroxylation is 1. The molecule has 2 heterocycles. The van der Waals surface area contributed by atoms with Gasteiger partial charge in [-0.2, -0.15) is 0 Å². The largest absolute Gasteiger partial charge is 0.373 e. The summed E-state index contributed by atoms with van der Waals surface area (Å²) < 4.78 is 0. The van der Waals surface area contributed by atoms with Crippen molar-refractivity contribution < 1.29 is 4.79 Å². The monoisotopic (exact) mass is 286 g/mol. The van der Waals surface area contributed by atoms with E-state index in [1.54, 1.807) is 11.3 Å². The maximum absolute atomic E-state index is 12.5. The van der Waals surface area contributed by atoms with E-state index in [1.165, 1.54) is 16.0 Å². The minimum absolute atomic E-state index is 0.127. The summed E-state index contributed by atoms with van der Waals surface area (Å²) in [6.07, 6.45) is 0.781. The summed E-state index contributed by atoms with van der Waals surface area (Å²) in [6, 6.07) is 10.1. The van der Waals surface area contributed by atoms with Gasteiger partial charge >= 0.3 is 0 Å². The fraction of sp³-hybridized carbons (Fsp3) is 0.312. The van der Waals surface area contributed by atoms with Crippen molar-refractivity contribution in [3.05, 3.63) is 51.7 Å². The normalized spacial score (nSPS) is 16.6. The Morgan fingerprint density at radius 2 is 2.20 bits per heavy atom. The number of anilines is 1. The van der Waals surface area contributed by atoms with Gasteiger partial charge in [-0.1, -0.05) is 18.2 Å². The number of amides is 1. The third-order valence-corrected chi connectivity index (χ3v) is 4.80. The molecule has 1 unspecified atom stereocenters. The molecule has 1 amide bonds. The average molecular weight is 286 g/mol. The smallest absolute Gasteiger partial charge is 0.245 e. The van der Waals surface area contributed by atoms with Gasteiger partial charge in [-0.25, -0.2) is 0 Å². The lowest BCUT2D eigenvalue weighted by Crippen LogP contribution is -2.39. The van der Waals surface area contributed by atoms with Crippen molar-refractivity contribution >= 4 is 22.9 Å². The topological polar surface area (TPSA) is 32.3 Å². The average Bonchev–Trinajstić information content (AvgIpc) is 3.04. The van der Waals surface area contributed by atoms with Gasteiger partial charge in [-0.15, -0.1) is 11.3 Å². The highest BCUT2D eigenvalue weighted by molar-refractivity contribution is 7.10. The van der Waals surface area contributed by atoms with Crippen LogP contribution in [-0.4, -0.2) is 23.9 Å². The molecule has 2 aromatic rings. The Bertz CT molecular complexity index is 610. The van der Waals surface area contributed by atoms with Crippen LogP contribution in [0.4, 0.5) is 5.69 Å². The maximum atomic E-state index is 12.5. The van der Waals surface area contributed by atoms with Crippen molar-refractivity contribution in [2.24, 2.45) is 0 Å². The standard InChI is InChI=1S/C16H18N2OS/c1-11-7-8-20-15(11)10-18(2)16(19)14-9-12-5-3-4-6-13(12)17-14/h3-8,14,17H,9-10H2,1-2H3. The van der Waals surface area contributed by atoms with Crippen LogP contribution in [-0.2, 0) is 17.8 Å². The zero-order valence-electron chi connectivity index (χ0n) is 11.7. The fourth-order valence-electron chi connectivity index (χ4n) is 2.57. The quantitative estimate of drug-likeness (QED) is 0.940. The zero-order chi connectivity index (χ0) is 14.1. The second kappa shape index (κ2) is 5.29. The van der Waals surface area contributed by atoms with Gasteiger partial charge in [0.15, 0.2) is 0 Å². The first-order valence-electron chi connectivity index (χ1n) is 6.77. The van der Waals surface area contributed by atoms with Gasteiger partial charge in [-0.05, 0) is 35.6 Å². The number of hydrogen-bond donors (Lipinski definition) is 1. The van der Waals surface area contributed by atoms with Gasteiger partial charge < -0.3 is 10.2 Å². The minimum atomic E-state index is -0.127. The van der Waals surface area contributed by atoms with Gasteiger partial charge in [0.1, 0.15) is 6.04 Å². The molecule has 1 aliphatic rings. The van der Waals surface area contributed by atoms with Crippen LogP contribution in [0.3, 0.4) is 0 Å². The second-order valence-electron chi connectivity index (χ2n) is 5.28. The number of carbonyl (C=O) groups is 1. The summed E-state index contributed by atoms with van der Waals surface area (Å²) in [6.45, 7) is 2.78. The molecule has 20 heavy (non-hydrogen) atoms. The highest BCUT2D eigenvalue weighted by atomic mass is 32.1. The Balaban J connectivity index is 1.67. The number of thiophene rings is 1. The lowest BCUT2D eigenvalue weighted by Gasteiger charge is -2.21. The van der Waals surface area contributed by atoms with Crippen molar-refractivity contribution in [2.45, 2.75) is 25.9 Å². The molecule has 0 aliphatic carbocycles. The van der Waals surface area contributed by atoms with Gasteiger partial charge in [0.05, 0.1) is 6.54 Å². The lowest BCUT2D eigenvalue weighted by atomic mass is 10.1. The SMILES string of the molecule is Cc1ccsc1CN(C)C(=O)C1Cc2ccccc2N1. The number of fused-ring (bicyclic) bond motifs is 1. The summed E-state index contributed by atoms with van der Waals surface area (Å²) in [7, 11) is 1.88. The summed E-state index contributed by atoms with van der Waals surface area (Å²) in [5.41, 5.74) is 3.58. The maximum Gasteiger partial charge on any atom is 0.245 e. The number of benzene rings is 1. The number of likely N-dealkylation sites (N-methyl/N-ethyl adjacent to an activating group) is 1. The van der Waals surface area contributed by atoms with Crippen molar-refractivity contribution in [2.75, 3.05) is 12.4 Å². The third-order valence-electron chi connectivity index (χ3n) is 3.79. The van der Waals surface area contributed by atoms with Crippen LogP contribution in [0.5, 0.6) is 0 Å². The van der Waals surface area contributed by atoms with E-state index in [0.717, 1.165) is 12.1 Å². The predicted octanol–water partition coefficient (Wildman–Crippen LogP) is 3.05. The van der Waals surface area contributed by atoms with Crippen molar-refractivity contribution in [3.8, 4) is 0 Å². The molecule has 1 atom stereocenters. The molecule has 104 valence electrons. The first-order chi connectivity index (χ1) is 9.65. The number of para-hydroxylation sites is 1. The van der Waals surface area contributed by atoms with E-state index in [2.05, 4.69) is 29.8 Å². The summed E-state index contributed by atoms with van der Waals surface area (Å²) in [5.74, 6) is 0.161. The summed E-state index contributed by atoms with van der Waals surface area (Å²) in [4.78, 5) is 15.6. The van der Waals surface area contributed by atoms with Crippen LogP contribution in [0.1, 0.15) is 16.0 Å². The van der Waals surface area contributed by atoms with Crippen molar-refractivity contribution in [3.63, 3.8) is 0 Å². The Hall–Kier alpha value is -1.81. The van der Waals surface area contributed by atoms with E-state index in [9.17, 15) is 4.79 Å². The molecule has 0 bridgehead atoms. The molecule has 0 saturated carbocycles. The van der Waals surface area contributed by atoms with Gasteiger partial charge in [0.2, 0.25) is 5.91 Å². The molecule has 3 rings (SSSR count). The Kier molecular flexibility index (Phi) is 3.49. The highest BCUT2D eigenvalue weighted by Crippen LogP contribution is 2.26. The predicted molar refractivity (Wildman–Crippen MR) is 83.1 cm³/mol. The molecular weight excluding hydrogens is 268 g/mol. The minimum Gasteiger partial charge on any atom is -0.373 e. The van der Waals surface area contributed by atoms with E-state index >= 15 is 0 Å². The highest BCUT2D eigenvalue weighted by Gasteiger charge is 2.28. The van der Waals surface area contributed by atoms with Gasteiger partial charge in [0.25, 0.3) is 0 Å². The Morgan fingerprint density at radius 3 is 2.90 bits per heavy atom. The first kappa shape index (κ1) is 13.2. The van der Waals surface area contributed by atoms with E-state index in [0.29, 0.717) is 6.54 Å². The number of nitrogens with zero attached hydrogens (tertiary/aromatic N) is 1. The van der Waals surface area contributed by atoms with E-state index in [-0.39, 0.29) is 11.9 Å². The molecule has 0 fully saturated rings. The van der Waals surface area contributed by atoms with E-state index in [1.807, 2.05) is 30.1 Å². The van der Waals surface area contributed by atoms with Crippen LogP contribution in [0.25, 0.3) is 0 Å². The lowest BCUT2D eigenvalue weighted by molar-refractivity contribution is -0.131. The van der Waals surface area contributed by atoms with Crippen LogP contribution in [0.15, 0.2) is 35.7 Å². The van der Waals surface area contributed by atoms with Crippen molar-refractivity contribution in [1.29, 1.82) is 0 Å². The molecule has 1 aliphatic heterocycles. The van der Waals surface area contributed by atoms with Crippen LogP contribution in [0, 0.1) is 6.92 Å². The van der Waals surface area contributed by atoms with Gasteiger partial charge in [0, 0.05) is 24.0 Å². The van der Waals surface area contributed by atoms with E-state index in [4.69, 9.17) is 0 Å². The zero-order valence-corrected chi connectivity index (χ0v) is 12.5. The molecular formula is C16H18N2OS. The van der Waals surface area contributed by atoms with Crippen LogP contribution < -0.4 is 5.32 Å². The molecule has 4 heteroatoms. The van der Waals surface area contributed by atoms with Crippen LogP contribution >= 0.6 is 11.3 Å². The molecule has 1 N–H and O–H groups in total. The molecule has 1 aromatic carbocycles. The first-order valence-corrected chi connectivity index (χ1v) is 7.65. The third kappa shape index (κ3) is 2.43. The Morgan fingerprint density at radius 1 is 1.40 bits per heavy atom. The fourth-order valence-corrected chi connectivity index (χ4v) is 3.53. The molecule has 1 aromatic heterocycles. The summed E-state index contributed by atoms with van der Waals surface area (Å²) >= 11 is 1.71. The second-order valence-corrected chi connectivity index (χ2v) is 6.28. The Labute approximate surface area is 123 Å². The van der Waals surface area contributed by atoms with Gasteiger partial charge in [-0.3, -0.25) is 4.79 Å². The molecule has 3 nitrogen and oxygen atoms in total. The molecule has 0 spiro atoms. The number of hydrogen-bond acceptors (Lipinski definition) is 3. The van der Waals surface area contributed by atoms with Crippen molar-refractivity contribution in [1.82, 2.24) is 4.90 Å². The number of carbonyl (C=O) groups excluding carboxylic acids is 1. The molecule has 0 radical (unpaired) electrons. The summed E-state index contributed by atoms with van der Waals surface area (Å²) in [5, 5.41) is 5.40. The molecule has 0 saturated heterocycles.